The maximum absolute atomic E-state index is 14.3. The summed E-state index contributed by atoms with van der Waals surface area (Å²) < 4.78 is 149. The van der Waals surface area contributed by atoms with Crippen molar-refractivity contribution in [3.05, 3.63) is 35.7 Å². The molecule has 9 rings (SSSR count). The Kier molecular flexibility index (Phi) is 49.7. The zero-order chi connectivity index (χ0) is 93.2. The highest BCUT2D eigenvalue weighted by atomic mass is 16.8. The summed E-state index contributed by atoms with van der Waals surface area (Å²) in [5.74, 6) is -1.65. The lowest BCUT2D eigenvalue weighted by Crippen LogP contribution is -2.66. The first kappa shape index (κ1) is 108. The van der Waals surface area contributed by atoms with Crippen LogP contribution in [0.3, 0.4) is 0 Å². The minimum Gasteiger partial charge on any atom is -0.388 e. The van der Waals surface area contributed by atoms with Gasteiger partial charge in [-0.2, -0.15) is 0 Å². The predicted molar refractivity (Wildman–Crippen MR) is 444 cm³/mol. The molecule has 6 fully saturated rings. The van der Waals surface area contributed by atoms with Crippen molar-refractivity contribution in [2.24, 2.45) is 0 Å². The summed E-state index contributed by atoms with van der Waals surface area (Å²) >= 11 is 0. The molecule has 11 N–H and O–H groups in total. The molecule has 15 atom stereocenters. The topological polar surface area (TPSA) is 590 Å². The molecular weight excluding hydrogens is 1740 g/mol. The number of unbranched alkanes of at least 4 members (excludes halogenated alkanes) is 2. The largest absolute Gasteiger partial charge is 0.388 e. The second kappa shape index (κ2) is 60.2. The van der Waals surface area contributed by atoms with Gasteiger partial charge in [-0.1, -0.05) is 22.1 Å². The van der Waals surface area contributed by atoms with Gasteiger partial charge in [-0.3, -0.25) is 24.0 Å². The molecule has 6 aliphatic rings. The van der Waals surface area contributed by atoms with E-state index >= 15 is 0 Å². The van der Waals surface area contributed by atoms with E-state index in [2.05, 4.69) is 57.5 Å². The number of amides is 5. The average Bonchev–Trinajstić information content (AvgIpc) is 1.61. The van der Waals surface area contributed by atoms with Crippen molar-refractivity contribution < 1.29 is 173 Å². The van der Waals surface area contributed by atoms with Gasteiger partial charge < -0.3 is 176 Å². The Balaban J connectivity index is 0.704. The molecule has 5 amide bonds. The number of nitrogens with one attached hydrogen (secondary N) is 5. The maximum atomic E-state index is 14.3. The smallest absolute Gasteiger partial charge is 0.222 e. The molecule has 0 saturated carbocycles. The number of carbonyl (C=O) groups is 5. The Morgan fingerprint density at radius 2 is 0.664 bits per heavy atom. The summed E-state index contributed by atoms with van der Waals surface area (Å²) in [4.78, 5) is 61.7. The Bertz CT molecular complexity index is 3360. The molecule has 0 radical (unpaired) electrons. The molecule has 6 saturated heterocycles. The number of hydrogen-bond acceptors (Lipinski definition) is 42. The number of fused-ring (bicyclic) bond motifs is 6. The normalized spacial score (nSPS) is 25.0. The Morgan fingerprint density at radius 3 is 0.969 bits per heavy atom. The van der Waals surface area contributed by atoms with Crippen LogP contribution in [-0.4, -0.2) is 459 Å². The molecule has 3 aromatic heterocycles. The van der Waals surface area contributed by atoms with E-state index in [1.54, 1.807) is 32.6 Å². The number of aliphatic hydroxyl groups is 6. The highest BCUT2D eigenvalue weighted by molar-refractivity contribution is 5.77. The SMILES string of the molecule is CCOCCOCCOCCOCCC(=O)NCCCCCC(=O)NC(COCc1cn(CCOCCOCCOCCOC[C@@]23CO[C@@H](O2)[C@H](NC(C)=O)[C@@H](O)[C@H]3O)nn1)(COCc1cn(CCOCCOCCOCCOC[C@@]23CO[C@@H](O2)[C@H](NC(C)=O)[C@@H](O)[C@H]3O)nn1)COCc1cn(CCOCCOCCOCCOC[C@@]23CO[C@@H](O2)[C@H](NC(C)=O)[C@@H](O)[C@H]3O)nn1. The monoisotopic (exact) mass is 1880 g/mol. The fraction of sp³-hybridized carbons (Fsp3) is 0.864. The van der Waals surface area contributed by atoms with Crippen LogP contribution in [0.2, 0.25) is 0 Å². The van der Waals surface area contributed by atoms with Crippen molar-refractivity contribution in [2.45, 2.75) is 195 Å². The number of carbonyl (C=O) groups excluding carboxylic acids is 5. The lowest BCUT2D eigenvalue weighted by atomic mass is 9.88. The van der Waals surface area contributed by atoms with Crippen LogP contribution in [0, 0.1) is 0 Å². The van der Waals surface area contributed by atoms with Gasteiger partial charge in [0.25, 0.3) is 0 Å². The second-order valence-electron chi connectivity index (χ2n) is 31.9. The number of nitrogens with zero attached hydrogens (tertiary/aromatic N) is 9. The standard InChI is InChI=1S/C81H138N14O36/c1-5-107-19-20-112-29-30-113-25-21-108-15-10-64(99)82-11-8-6-7-9-65(100)86-78(49-123-46-61-43-93(90-87-61)12-16-109-22-26-114-31-34-117-37-40-120-52-79-55-126-75(129-79)66(83-58(2)96)69(101)72(79)104,50-124-47-62-44-94(91-88-62)13-17-110-23-27-115-32-35-118-38-41-121-53-80-56-127-76(130-80)67(84-59(3)97)70(102)73(80)105)51-125-48-63-45-95(92-89-63)14-18-111-24-28-116-33-36-119-39-42-122-54-81-57-128-77(131-81)68(85-60(4)98)71(103)74(81)106/h43-45,66-77,101-106H,5-42,46-57H2,1-4H3,(H,82,99)(H,83,96)(H,84,97)(H,85,98)(H,86,100)/t66-,67-,68-,69-,70-,71-,72-,73-,74-,75+,76+,77+,79+,80+,81+/m1/s1. The molecule has 0 aliphatic carbocycles. The van der Waals surface area contributed by atoms with Gasteiger partial charge in [0.05, 0.1) is 303 Å². The van der Waals surface area contributed by atoms with Gasteiger partial charge in [-0.05, 0) is 19.8 Å². The summed E-state index contributed by atoms with van der Waals surface area (Å²) in [5, 5.41) is 104. The van der Waals surface area contributed by atoms with Crippen molar-refractivity contribution in [3.63, 3.8) is 0 Å². The number of hydrogen-bond donors (Lipinski definition) is 11. The third kappa shape index (κ3) is 37.9. The molecule has 6 aliphatic heterocycles. The van der Waals surface area contributed by atoms with Crippen LogP contribution >= 0.6 is 0 Å². The average molecular weight is 1880 g/mol. The van der Waals surface area contributed by atoms with Crippen molar-refractivity contribution in [1.29, 1.82) is 0 Å². The van der Waals surface area contributed by atoms with Gasteiger partial charge >= 0.3 is 0 Å². The van der Waals surface area contributed by atoms with Gasteiger partial charge in [0.2, 0.25) is 29.5 Å². The molecular formula is C81H138N14O36. The van der Waals surface area contributed by atoms with E-state index < -0.39 is 114 Å². The van der Waals surface area contributed by atoms with Crippen LogP contribution in [-0.2, 0) is 182 Å². The third-order valence-corrected chi connectivity index (χ3v) is 21.2. The van der Waals surface area contributed by atoms with Gasteiger partial charge in [0.15, 0.2) is 18.9 Å². The quantitative estimate of drug-likeness (QED) is 0.0234. The fourth-order valence-corrected chi connectivity index (χ4v) is 14.5. The zero-order valence-electron chi connectivity index (χ0n) is 75.5. The summed E-state index contributed by atoms with van der Waals surface area (Å²) in [6, 6.07) is -2.74. The van der Waals surface area contributed by atoms with Crippen LogP contribution in [0.5, 0.6) is 0 Å². The maximum Gasteiger partial charge on any atom is 0.222 e. The van der Waals surface area contributed by atoms with Crippen molar-refractivity contribution >= 4 is 29.5 Å². The molecule has 748 valence electrons. The molecule has 131 heavy (non-hydrogen) atoms. The highest BCUT2D eigenvalue weighted by Gasteiger charge is 2.62. The van der Waals surface area contributed by atoms with Gasteiger partial charge in [-0.15, -0.1) is 15.3 Å². The first-order valence-corrected chi connectivity index (χ1v) is 44.6. The molecule has 0 unspecified atom stereocenters. The van der Waals surface area contributed by atoms with Crippen molar-refractivity contribution in [1.82, 2.24) is 71.6 Å². The molecule has 6 bridgehead atoms. The highest BCUT2D eigenvalue weighted by Crippen LogP contribution is 2.40. The molecule has 3 aromatic rings. The molecule has 0 aromatic carbocycles. The first-order chi connectivity index (χ1) is 63.6. The minimum absolute atomic E-state index is 0.0195. The number of ether oxygens (including phenoxy) is 25. The molecule has 50 heteroatoms. The molecule has 50 nitrogen and oxygen atoms in total. The van der Waals surface area contributed by atoms with E-state index in [-0.39, 0.29) is 190 Å². The Morgan fingerprint density at radius 1 is 0.374 bits per heavy atom. The second-order valence-corrected chi connectivity index (χ2v) is 31.9. The van der Waals surface area contributed by atoms with Crippen LogP contribution in [0.4, 0.5) is 0 Å². The van der Waals surface area contributed by atoms with Gasteiger partial charge in [0, 0.05) is 46.8 Å². The fourth-order valence-electron chi connectivity index (χ4n) is 14.5. The molecule has 0 spiro atoms. The number of aromatic nitrogens is 9. The van der Waals surface area contributed by atoms with E-state index in [9.17, 15) is 54.6 Å². The van der Waals surface area contributed by atoms with E-state index in [0.29, 0.717) is 168 Å². The van der Waals surface area contributed by atoms with Crippen molar-refractivity contribution in [3.8, 4) is 0 Å². The summed E-state index contributed by atoms with van der Waals surface area (Å²) in [6.07, 6.45) is -3.55. The first-order valence-electron chi connectivity index (χ1n) is 44.6. The summed E-state index contributed by atoms with van der Waals surface area (Å²) in [7, 11) is 0. The van der Waals surface area contributed by atoms with E-state index in [1.807, 2.05) is 6.92 Å². The van der Waals surface area contributed by atoms with E-state index in [4.69, 9.17) is 118 Å². The lowest BCUT2D eigenvalue weighted by Gasteiger charge is -2.42. The third-order valence-electron chi connectivity index (χ3n) is 21.2. The van der Waals surface area contributed by atoms with E-state index in [0.717, 1.165) is 0 Å². The molecule has 9 heterocycles. The number of aliphatic hydroxyl groups excluding tert-OH is 6. The lowest BCUT2D eigenvalue weighted by molar-refractivity contribution is -0.238. The summed E-state index contributed by atoms with van der Waals surface area (Å²) in [5.41, 5.74) is -3.71. The predicted octanol–water partition coefficient (Wildman–Crippen LogP) is -6.33. The van der Waals surface area contributed by atoms with Gasteiger partial charge in [0.1, 0.15) is 94.2 Å². The van der Waals surface area contributed by atoms with Gasteiger partial charge in [-0.25, -0.2) is 14.0 Å². The minimum atomic E-state index is -1.35. The Labute approximate surface area is 759 Å². The Hall–Kier alpha value is -6.47. The zero-order valence-corrected chi connectivity index (χ0v) is 75.5. The van der Waals surface area contributed by atoms with Crippen LogP contribution in [0.25, 0.3) is 0 Å². The van der Waals surface area contributed by atoms with E-state index in [1.165, 1.54) is 20.8 Å². The number of rotatable bonds is 77. The van der Waals surface area contributed by atoms with Crippen LogP contribution in [0.1, 0.15) is 76.9 Å². The van der Waals surface area contributed by atoms with Crippen LogP contribution in [0.15, 0.2) is 18.6 Å². The summed E-state index contributed by atoms with van der Waals surface area (Å²) in [6.45, 7) is 15.6. The van der Waals surface area contributed by atoms with Crippen molar-refractivity contribution in [2.75, 3.05) is 258 Å². The van der Waals surface area contributed by atoms with Crippen LogP contribution < -0.4 is 26.6 Å².